The van der Waals surface area contributed by atoms with E-state index >= 15 is 0 Å². The smallest absolute Gasteiger partial charge is 0.261 e. The van der Waals surface area contributed by atoms with E-state index in [4.69, 9.17) is 4.43 Å². The molecule has 0 radical (unpaired) electrons. The third kappa shape index (κ3) is 4.77. The summed E-state index contributed by atoms with van der Waals surface area (Å²) in [6.45, 7) is 10.5. The lowest BCUT2D eigenvalue weighted by Gasteiger charge is -2.44. The lowest BCUT2D eigenvalue weighted by molar-refractivity contribution is 0.0380. The minimum atomic E-state index is -2.65. The molecule has 0 aliphatic rings. The van der Waals surface area contributed by atoms with E-state index in [0.717, 1.165) is 0 Å². The summed E-state index contributed by atoms with van der Waals surface area (Å²) in [6.07, 6.45) is 1.46. The van der Waals surface area contributed by atoms with Gasteiger partial charge < -0.3 is 14.6 Å². The molecule has 0 amide bonds. The van der Waals surface area contributed by atoms with Crippen molar-refractivity contribution in [1.82, 2.24) is 0 Å². The van der Waals surface area contributed by atoms with Crippen LogP contribution in [0.2, 0.25) is 5.04 Å². The molecule has 0 aliphatic carbocycles. The number of aliphatic hydroxyl groups is 2. The van der Waals surface area contributed by atoms with E-state index < -0.39 is 14.4 Å². The Kier molecular flexibility index (Phi) is 7.56. The van der Waals surface area contributed by atoms with E-state index in [1.807, 2.05) is 36.4 Å². The lowest BCUT2D eigenvalue weighted by atomic mass is 10.0. The first-order valence-corrected chi connectivity index (χ1v) is 11.4. The predicted molar refractivity (Wildman–Crippen MR) is 115 cm³/mol. The molecule has 0 saturated heterocycles. The standard InChI is InChI=1S/C23H32O3Si/c1-5-12-22(25)19(17-24)18-26-27(23(2,3)4,20-13-8-6-9-14-20)21-15-10-7-11-16-21/h5-11,13-16,19,22,24-25H,1,12,17-18H2,2-4H3/t19-,22-/m0/s1. The molecular formula is C23H32O3Si. The van der Waals surface area contributed by atoms with Gasteiger partial charge in [-0.05, 0) is 21.8 Å². The molecule has 0 unspecified atom stereocenters. The monoisotopic (exact) mass is 384 g/mol. The van der Waals surface area contributed by atoms with E-state index in [2.05, 4.69) is 51.6 Å². The van der Waals surface area contributed by atoms with Crippen molar-refractivity contribution < 1.29 is 14.6 Å². The van der Waals surface area contributed by atoms with Crippen LogP contribution in [-0.4, -0.2) is 37.8 Å². The third-order valence-electron chi connectivity index (χ3n) is 5.12. The Morgan fingerprint density at radius 2 is 1.48 bits per heavy atom. The van der Waals surface area contributed by atoms with Crippen molar-refractivity contribution in [3.05, 3.63) is 73.3 Å². The van der Waals surface area contributed by atoms with Crippen molar-refractivity contribution in [1.29, 1.82) is 0 Å². The fourth-order valence-electron chi connectivity index (χ4n) is 3.64. The second-order valence-electron chi connectivity index (χ2n) is 8.01. The lowest BCUT2D eigenvalue weighted by Crippen LogP contribution is -2.67. The molecule has 0 fully saturated rings. The van der Waals surface area contributed by atoms with Gasteiger partial charge in [0.25, 0.3) is 8.32 Å². The van der Waals surface area contributed by atoms with Crippen molar-refractivity contribution in [2.24, 2.45) is 5.92 Å². The second kappa shape index (κ2) is 9.47. The fraction of sp³-hybridized carbons (Fsp3) is 0.391. The average Bonchev–Trinajstić information content (AvgIpc) is 2.66. The van der Waals surface area contributed by atoms with Crippen molar-refractivity contribution in [2.45, 2.75) is 38.3 Å². The van der Waals surface area contributed by atoms with Crippen LogP contribution in [0.3, 0.4) is 0 Å². The van der Waals surface area contributed by atoms with E-state index in [0.29, 0.717) is 13.0 Å². The highest BCUT2D eigenvalue weighted by Crippen LogP contribution is 2.37. The minimum absolute atomic E-state index is 0.118. The topological polar surface area (TPSA) is 49.7 Å². The largest absolute Gasteiger partial charge is 0.407 e. The van der Waals surface area contributed by atoms with Gasteiger partial charge in [-0.15, -0.1) is 6.58 Å². The summed E-state index contributed by atoms with van der Waals surface area (Å²) in [5.74, 6) is -0.343. The van der Waals surface area contributed by atoms with Crippen LogP contribution in [0, 0.1) is 5.92 Å². The van der Waals surface area contributed by atoms with Crippen LogP contribution >= 0.6 is 0 Å². The second-order valence-corrected chi connectivity index (χ2v) is 12.3. The Balaban J connectivity index is 2.51. The van der Waals surface area contributed by atoms with Crippen LogP contribution in [0.25, 0.3) is 0 Å². The predicted octanol–water partition coefficient (Wildman–Crippen LogP) is 3.11. The Labute approximate surface area is 164 Å². The molecule has 27 heavy (non-hydrogen) atoms. The van der Waals surface area contributed by atoms with Crippen LogP contribution in [-0.2, 0) is 4.43 Å². The van der Waals surface area contributed by atoms with Gasteiger partial charge in [-0.1, -0.05) is 87.5 Å². The SMILES string of the molecule is C=CC[C@H](O)[C@@H](CO)CO[Si](c1ccccc1)(c1ccccc1)C(C)(C)C. The maximum Gasteiger partial charge on any atom is 0.261 e. The summed E-state index contributed by atoms with van der Waals surface area (Å²) in [6, 6.07) is 20.8. The van der Waals surface area contributed by atoms with Crippen LogP contribution in [0.1, 0.15) is 27.2 Å². The van der Waals surface area contributed by atoms with Gasteiger partial charge in [0.1, 0.15) is 0 Å². The Bertz CT molecular complexity index is 655. The van der Waals surface area contributed by atoms with Gasteiger partial charge in [0, 0.05) is 12.5 Å². The molecule has 4 heteroatoms. The molecule has 0 heterocycles. The zero-order valence-electron chi connectivity index (χ0n) is 16.6. The molecule has 0 saturated carbocycles. The molecule has 0 aliphatic heterocycles. The zero-order chi connectivity index (χ0) is 19.9. The van der Waals surface area contributed by atoms with E-state index in [9.17, 15) is 10.2 Å². The Morgan fingerprint density at radius 3 is 1.85 bits per heavy atom. The molecule has 2 atom stereocenters. The summed E-state index contributed by atoms with van der Waals surface area (Å²) in [7, 11) is -2.65. The molecule has 146 valence electrons. The molecule has 0 aromatic heterocycles. The first-order chi connectivity index (χ1) is 12.9. The Hall–Kier alpha value is -1.72. The molecule has 2 N–H and O–H groups in total. The van der Waals surface area contributed by atoms with Crippen LogP contribution in [0.4, 0.5) is 0 Å². The van der Waals surface area contributed by atoms with E-state index in [1.54, 1.807) is 6.08 Å². The minimum Gasteiger partial charge on any atom is -0.407 e. The molecule has 0 bridgehead atoms. The van der Waals surface area contributed by atoms with Crippen LogP contribution < -0.4 is 10.4 Å². The number of hydrogen-bond acceptors (Lipinski definition) is 3. The molecule has 2 aromatic rings. The maximum atomic E-state index is 10.4. The fourth-order valence-corrected chi connectivity index (χ4v) is 8.26. The van der Waals surface area contributed by atoms with E-state index in [1.165, 1.54) is 10.4 Å². The van der Waals surface area contributed by atoms with Crippen molar-refractivity contribution in [3.63, 3.8) is 0 Å². The van der Waals surface area contributed by atoms with Gasteiger partial charge in [0.15, 0.2) is 0 Å². The highest BCUT2D eigenvalue weighted by Gasteiger charge is 2.50. The van der Waals surface area contributed by atoms with Gasteiger partial charge in [0.05, 0.1) is 12.7 Å². The van der Waals surface area contributed by atoms with Crippen LogP contribution in [0.5, 0.6) is 0 Å². The average molecular weight is 385 g/mol. The molecular weight excluding hydrogens is 352 g/mol. The normalized spacial score (nSPS) is 14.6. The number of hydrogen-bond donors (Lipinski definition) is 2. The highest BCUT2D eigenvalue weighted by atomic mass is 28.4. The summed E-state index contributed by atoms with van der Waals surface area (Å²) < 4.78 is 6.77. The quantitative estimate of drug-likeness (QED) is 0.516. The number of aliphatic hydroxyl groups excluding tert-OH is 2. The number of rotatable bonds is 9. The molecule has 2 rings (SSSR count). The molecule has 0 spiro atoms. The first kappa shape index (κ1) is 21.6. The van der Waals surface area contributed by atoms with Crippen molar-refractivity contribution in [3.8, 4) is 0 Å². The summed E-state index contributed by atoms with van der Waals surface area (Å²) in [5, 5.41) is 22.4. The van der Waals surface area contributed by atoms with Crippen molar-refractivity contribution in [2.75, 3.05) is 13.2 Å². The maximum absolute atomic E-state index is 10.4. The number of benzene rings is 2. The zero-order valence-corrected chi connectivity index (χ0v) is 17.6. The van der Waals surface area contributed by atoms with E-state index in [-0.39, 0.29) is 17.6 Å². The first-order valence-electron chi connectivity index (χ1n) is 9.51. The Morgan fingerprint density at radius 1 is 1.00 bits per heavy atom. The molecule has 3 nitrogen and oxygen atoms in total. The van der Waals surface area contributed by atoms with Gasteiger partial charge in [0.2, 0.25) is 0 Å². The summed E-state index contributed by atoms with van der Waals surface area (Å²) in [4.78, 5) is 0. The molecule has 2 aromatic carbocycles. The van der Waals surface area contributed by atoms with Gasteiger partial charge in [-0.25, -0.2) is 0 Å². The summed E-state index contributed by atoms with van der Waals surface area (Å²) in [5.41, 5.74) is 0. The highest BCUT2D eigenvalue weighted by molar-refractivity contribution is 6.99. The van der Waals surface area contributed by atoms with Gasteiger partial charge >= 0.3 is 0 Å². The third-order valence-corrected chi connectivity index (χ3v) is 10.1. The van der Waals surface area contributed by atoms with Gasteiger partial charge in [-0.2, -0.15) is 0 Å². The van der Waals surface area contributed by atoms with Crippen molar-refractivity contribution >= 4 is 18.7 Å². The van der Waals surface area contributed by atoms with Crippen LogP contribution in [0.15, 0.2) is 73.3 Å². The van der Waals surface area contributed by atoms with Gasteiger partial charge in [-0.3, -0.25) is 0 Å². The summed E-state index contributed by atoms with van der Waals surface area (Å²) >= 11 is 0.